The predicted octanol–water partition coefficient (Wildman–Crippen LogP) is 0.0244. The first-order chi connectivity index (χ1) is 8.14. The van der Waals surface area contributed by atoms with Gasteiger partial charge in [-0.1, -0.05) is 0 Å². The monoisotopic (exact) mass is 253 g/mol. The lowest BCUT2D eigenvalue weighted by Crippen LogP contribution is -2.22. The Bertz CT molecular complexity index is 536. The normalized spacial score (nSPS) is 26.7. The Labute approximate surface area is 101 Å². The maximum absolute atomic E-state index is 11.5. The van der Waals surface area contributed by atoms with Crippen molar-refractivity contribution in [2.75, 3.05) is 18.8 Å². The summed E-state index contributed by atoms with van der Waals surface area (Å²) in [6.45, 7) is 1.94. The minimum absolute atomic E-state index is 0.103. The molecule has 1 aromatic heterocycles. The average molecular weight is 253 g/mol. The molecule has 1 fully saturated rings. The van der Waals surface area contributed by atoms with E-state index < -0.39 is 9.84 Å². The van der Waals surface area contributed by atoms with E-state index in [2.05, 4.69) is 15.3 Å². The fraction of sp³-hybridized carbons (Fsp3) is 0.636. The van der Waals surface area contributed by atoms with Gasteiger partial charge in [0.2, 0.25) is 0 Å². The molecule has 0 bridgehead atoms. The standard InChI is InChI=1S/C11H15N3O2S/c15-17(16)4-2-10-9(7-17)6-13-11(14-10)8-1-3-12-5-8/h6,8,12H,1-5,7H2. The fourth-order valence-corrected chi connectivity index (χ4v) is 3.79. The fourth-order valence-electron chi connectivity index (χ4n) is 2.43. The van der Waals surface area contributed by atoms with Crippen LogP contribution in [0.5, 0.6) is 0 Å². The van der Waals surface area contributed by atoms with Gasteiger partial charge in [0.15, 0.2) is 9.84 Å². The zero-order valence-corrected chi connectivity index (χ0v) is 10.3. The third kappa shape index (κ3) is 2.19. The topological polar surface area (TPSA) is 72.0 Å². The van der Waals surface area contributed by atoms with Crippen LogP contribution in [-0.2, 0) is 22.0 Å². The number of nitrogens with zero attached hydrogens (tertiary/aromatic N) is 2. The van der Waals surface area contributed by atoms with Crippen LogP contribution in [0.2, 0.25) is 0 Å². The molecule has 5 nitrogen and oxygen atoms in total. The van der Waals surface area contributed by atoms with Crippen LogP contribution in [-0.4, -0.2) is 37.2 Å². The van der Waals surface area contributed by atoms with E-state index in [-0.39, 0.29) is 11.5 Å². The van der Waals surface area contributed by atoms with Crippen LogP contribution in [0, 0.1) is 0 Å². The molecule has 0 aromatic carbocycles. The van der Waals surface area contributed by atoms with Crippen molar-refractivity contribution < 1.29 is 8.42 Å². The predicted molar refractivity (Wildman–Crippen MR) is 63.5 cm³/mol. The first kappa shape index (κ1) is 11.1. The van der Waals surface area contributed by atoms with Gasteiger partial charge in [0.05, 0.1) is 11.5 Å². The molecular formula is C11H15N3O2S. The summed E-state index contributed by atoms with van der Waals surface area (Å²) >= 11 is 0. The lowest BCUT2D eigenvalue weighted by Gasteiger charge is -2.16. The molecule has 1 aromatic rings. The van der Waals surface area contributed by atoms with Crippen LogP contribution in [0.25, 0.3) is 0 Å². The van der Waals surface area contributed by atoms with Gasteiger partial charge in [0.25, 0.3) is 0 Å². The summed E-state index contributed by atoms with van der Waals surface area (Å²) in [5.74, 6) is 1.58. The molecule has 0 radical (unpaired) electrons. The summed E-state index contributed by atoms with van der Waals surface area (Å²) in [5.41, 5.74) is 1.71. The summed E-state index contributed by atoms with van der Waals surface area (Å²) in [7, 11) is -2.92. The van der Waals surface area contributed by atoms with E-state index in [1.165, 1.54) is 0 Å². The molecule has 17 heavy (non-hydrogen) atoms. The quantitative estimate of drug-likeness (QED) is 0.764. The second-order valence-corrected chi connectivity index (χ2v) is 6.92. The first-order valence-corrected chi connectivity index (χ1v) is 7.72. The largest absolute Gasteiger partial charge is 0.316 e. The van der Waals surface area contributed by atoms with Gasteiger partial charge in [-0.15, -0.1) is 0 Å². The van der Waals surface area contributed by atoms with Gasteiger partial charge >= 0.3 is 0 Å². The molecule has 2 aliphatic rings. The number of rotatable bonds is 1. The zero-order valence-electron chi connectivity index (χ0n) is 9.52. The van der Waals surface area contributed by atoms with Gasteiger partial charge in [0, 0.05) is 36.3 Å². The lowest BCUT2D eigenvalue weighted by molar-refractivity contribution is 0.589. The van der Waals surface area contributed by atoms with Gasteiger partial charge < -0.3 is 5.32 Å². The maximum atomic E-state index is 11.5. The highest BCUT2D eigenvalue weighted by Gasteiger charge is 2.25. The highest BCUT2D eigenvalue weighted by Crippen LogP contribution is 2.23. The maximum Gasteiger partial charge on any atom is 0.154 e. The van der Waals surface area contributed by atoms with Crippen molar-refractivity contribution in [1.82, 2.24) is 15.3 Å². The first-order valence-electron chi connectivity index (χ1n) is 5.90. The molecule has 1 saturated heterocycles. The molecule has 1 N–H and O–H groups in total. The SMILES string of the molecule is O=S1(=O)CCc2nc(C3CCNC3)ncc2C1. The van der Waals surface area contributed by atoms with Crippen LogP contribution in [0.15, 0.2) is 6.20 Å². The van der Waals surface area contributed by atoms with E-state index in [0.29, 0.717) is 12.3 Å². The van der Waals surface area contributed by atoms with E-state index in [9.17, 15) is 8.42 Å². The van der Waals surface area contributed by atoms with Crippen molar-refractivity contribution in [3.05, 3.63) is 23.3 Å². The number of hydrogen-bond acceptors (Lipinski definition) is 5. The number of nitrogens with one attached hydrogen (secondary N) is 1. The molecule has 1 atom stereocenters. The smallest absolute Gasteiger partial charge is 0.154 e. The van der Waals surface area contributed by atoms with Crippen LogP contribution < -0.4 is 5.32 Å². The molecule has 0 aliphatic carbocycles. The van der Waals surface area contributed by atoms with Crippen molar-refractivity contribution in [1.29, 1.82) is 0 Å². The molecule has 0 spiro atoms. The van der Waals surface area contributed by atoms with Gasteiger partial charge in [-0.05, 0) is 13.0 Å². The van der Waals surface area contributed by atoms with E-state index in [1.54, 1.807) is 6.20 Å². The summed E-state index contributed by atoms with van der Waals surface area (Å²) in [4.78, 5) is 8.87. The molecule has 0 amide bonds. The minimum atomic E-state index is -2.92. The van der Waals surface area contributed by atoms with E-state index in [4.69, 9.17) is 0 Å². The lowest BCUT2D eigenvalue weighted by atomic mass is 10.1. The number of fused-ring (bicyclic) bond motifs is 1. The second kappa shape index (κ2) is 4.03. The minimum Gasteiger partial charge on any atom is -0.316 e. The van der Waals surface area contributed by atoms with Crippen molar-refractivity contribution in [2.24, 2.45) is 0 Å². The Balaban J connectivity index is 1.92. The second-order valence-electron chi connectivity index (χ2n) is 4.73. The van der Waals surface area contributed by atoms with Crippen molar-refractivity contribution >= 4 is 9.84 Å². The van der Waals surface area contributed by atoms with Crippen molar-refractivity contribution in [3.8, 4) is 0 Å². The number of aromatic nitrogens is 2. The molecule has 3 heterocycles. The highest BCUT2D eigenvalue weighted by atomic mass is 32.2. The van der Waals surface area contributed by atoms with Crippen molar-refractivity contribution in [2.45, 2.75) is 24.5 Å². The van der Waals surface area contributed by atoms with E-state index in [1.807, 2.05) is 0 Å². The Hall–Kier alpha value is -1.01. The van der Waals surface area contributed by atoms with Gasteiger partial charge in [-0.3, -0.25) is 0 Å². The molecule has 1 unspecified atom stereocenters. The van der Waals surface area contributed by atoms with Crippen LogP contribution >= 0.6 is 0 Å². The number of hydrogen-bond donors (Lipinski definition) is 1. The number of sulfone groups is 1. The van der Waals surface area contributed by atoms with Crippen LogP contribution in [0.1, 0.15) is 29.4 Å². The van der Waals surface area contributed by atoms with Gasteiger partial charge in [-0.25, -0.2) is 18.4 Å². The molecule has 6 heteroatoms. The summed E-state index contributed by atoms with van der Waals surface area (Å²) in [5, 5.41) is 3.29. The summed E-state index contributed by atoms with van der Waals surface area (Å²) in [6, 6.07) is 0. The molecule has 92 valence electrons. The Morgan fingerprint density at radius 2 is 2.29 bits per heavy atom. The van der Waals surface area contributed by atoms with Crippen molar-refractivity contribution in [3.63, 3.8) is 0 Å². The number of aryl methyl sites for hydroxylation is 1. The van der Waals surface area contributed by atoms with E-state index in [0.717, 1.165) is 36.6 Å². The van der Waals surface area contributed by atoms with Gasteiger partial charge in [-0.2, -0.15) is 0 Å². The molecule has 0 saturated carbocycles. The Morgan fingerprint density at radius 1 is 1.41 bits per heavy atom. The van der Waals surface area contributed by atoms with E-state index >= 15 is 0 Å². The Kier molecular flexibility index (Phi) is 2.63. The molecular weight excluding hydrogens is 238 g/mol. The van der Waals surface area contributed by atoms with Crippen LogP contribution in [0.3, 0.4) is 0 Å². The molecule has 2 aliphatic heterocycles. The average Bonchev–Trinajstić information content (AvgIpc) is 2.81. The summed E-state index contributed by atoms with van der Waals surface area (Å²) in [6.07, 6.45) is 3.30. The zero-order chi connectivity index (χ0) is 11.9. The summed E-state index contributed by atoms with van der Waals surface area (Å²) < 4.78 is 23.0. The Morgan fingerprint density at radius 3 is 3.06 bits per heavy atom. The van der Waals surface area contributed by atoms with Crippen LogP contribution in [0.4, 0.5) is 0 Å². The third-order valence-electron chi connectivity index (χ3n) is 3.42. The highest BCUT2D eigenvalue weighted by molar-refractivity contribution is 7.90. The third-order valence-corrected chi connectivity index (χ3v) is 5.00. The molecule has 3 rings (SSSR count). The van der Waals surface area contributed by atoms with Gasteiger partial charge in [0.1, 0.15) is 5.82 Å².